The molecule has 514 valence electrons. The van der Waals surface area contributed by atoms with E-state index in [1.165, 1.54) is 64.1 Å². The minimum atomic E-state index is -2.58. The van der Waals surface area contributed by atoms with Gasteiger partial charge in [0.15, 0.2) is 17.5 Å². The fourth-order valence-corrected chi connectivity index (χ4v) is 16.1. The lowest BCUT2D eigenvalue weighted by molar-refractivity contribution is -0.346. The van der Waals surface area contributed by atoms with E-state index in [9.17, 15) is 62.7 Å². The van der Waals surface area contributed by atoms with Gasteiger partial charge in [0.1, 0.15) is 53.7 Å². The van der Waals surface area contributed by atoms with Crippen molar-refractivity contribution in [3.63, 3.8) is 0 Å². The number of nitrogens with one attached hydrogen (secondary N) is 3. The Kier molecular flexibility index (Phi) is 20.0. The van der Waals surface area contributed by atoms with Gasteiger partial charge in [-0.3, -0.25) is 42.7 Å². The summed E-state index contributed by atoms with van der Waals surface area (Å²) in [6, 6.07) is 29.2. The molecule has 0 radical (unpaired) electrons. The average Bonchev–Trinajstić information content (AvgIpc) is 0.668. The van der Waals surface area contributed by atoms with Gasteiger partial charge in [0, 0.05) is 49.8 Å². The molecule has 2 bridgehead atoms. The van der Waals surface area contributed by atoms with Crippen LogP contribution in [-0.2, 0) is 88.7 Å². The van der Waals surface area contributed by atoms with Gasteiger partial charge in [-0.25, -0.2) is 19.2 Å². The molecule has 14 atom stereocenters. The van der Waals surface area contributed by atoms with Gasteiger partial charge in [0.2, 0.25) is 12.0 Å². The Morgan fingerprint density at radius 2 is 1.42 bits per heavy atom. The number of hydrogen-bond donors (Lipinski definition) is 6. The summed E-state index contributed by atoms with van der Waals surface area (Å²) >= 11 is 0. The number of carboxylic acid groups (broad SMARTS) is 1. The Balaban J connectivity index is 0.949. The van der Waals surface area contributed by atoms with Crippen LogP contribution in [0.5, 0.6) is 0 Å². The first-order chi connectivity index (χ1) is 45.8. The highest BCUT2D eigenvalue weighted by molar-refractivity contribution is 7.86. The van der Waals surface area contributed by atoms with Gasteiger partial charge in [-0.1, -0.05) is 125 Å². The zero-order chi connectivity index (χ0) is 70.3. The maximum Gasteiger partial charge on any atom is 0.407 e. The molecule has 1 unspecified atom stereocenters. The highest BCUT2D eigenvalue weighted by Gasteiger charge is 2.78. The summed E-state index contributed by atoms with van der Waals surface area (Å²) in [5, 5.41) is 43.4. The molecule has 2 saturated heterocycles. The van der Waals surface area contributed by atoms with Crippen molar-refractivity contribution in [1.82, 2.24) is 20.9 Å². The predicted octanol–water partition coefficient (Wildman–Crippen LogP) is 4.43. The molecule has 4 fully saturated rings. The fraction of sp³-hybridized carbons (Fsp3) is 0.443. The monoisotopic (exact) mass is 1360 g/mol. The largest absolute Gasteiger partial charge is 0.477 e. The molecule has 3 heterocycles. The smallest absolute Gasteiger partial charge is 0.407 e. The number of carboxylic acids is 1. The molecule has 26 nitrogen and oxygen atoms in total. The van der Waals surface area contributed by atoms with Gasteiger partial charge in [0.05, 0.1) is 59.0 Å². The van der Waals surface area contributed by atoms with Crippen molar-refractivity contribution in [1.29, 1.82) is 0 Å². The molecule has 6 N–H and O–H groups in total. The lowest BCUT2D eigenvalue weighted by Gasteiger charge is -2.67. The van der Waals surface area contributed by atoms with Crippen molar-refractivity contribution in [2.45, 2.75) is 146 Å². The number of esters is 5. The molecule has 2 saturated carbocycles. The van der Waals surface area contributed by atoms with Gasteiger partial charge in [0.25, 0.3) is 11.8 Å². The van der Waals surface area contributed by atoms with Crippen LogP contribution in [0.25, 0.3) is 0 Å². The number of ketones is 1. The zero-order valence-corrected chi connectivity index (χ0v) is 55.2. The number of β-lactam (4-membered cyclic amide) rings is 1. The van der Waals surface area contributed by atoms with Crippen molar-refractivity contribution < 1.29 is 105 Å². The quantitative estimate of drug-likeness (QED) is 0.0291. The number of fused-ring (bicyclic) bond motifs is 6. The molecule has 4 amide bonds. The van der Waals surface area contributed by atoms with E-state index < -0.39 is 201 Å². The topological polar surface area (TPSA) is 369 Å². The number of benzene rings is 4. The number of carbonyl (C=O) groups excluding carboxylic acids is 10. The minimum absolute atomic E-state index is 0.0121. The number of rotatable bonds is 21. The third kappa shape index (κ3) is 13.6. The first-order valence-corrected chi connectivity index (χ1v) is 32.8. The third-order valence-corrected chi connectivity index (χ3v) is 21.0. The van der Waals surface area contributed by atoms with E-state index in [4.69, 9.17) is 33.2 Å². The lowest BCUT2D eigenvalue weighted by Crippen LogP contribution is -2.82. The lowest BCUT2D eigenvalue weighted by atomic mass is 9.44. The molecule has 6 aliphatic rings. The standard InChI is InChI=1S/C70H76N4O22S/c1-37-45(31-70(88)58(95-63(85)43-27-19-12-20-28-43)56-68(8,46(77)30-47-69(56,36-91-47)96-39(3)76)57(80)54(92-38(2)75)50(37)67(70,6)7)93-64(86)55(51(41-23-15-10-16-24-41)73-59(81)42-25-17-11-18-26-42)94-49(79)32-66(4,5)35-71-65(87)90-33-44-34-97(89)61-52(60(82)74(61)53(44)62(83)84)72-48(78)29-40-21-13-9-14-22-40/h9-28,45-47,51-52,54-56,58,61,77,88H,29-36H2,1-8H3,(H,71,87)(H,72,78)(H,73,81)(H,83,84)/t45-,46-,47+,51-,52+,54+,55+,56-,58-,61+,68+,69-,70+,97?/m0/s1. The number of hydrogen-bond acceptors (Lipinski definition) is 21. The number of aliphatic carboxylic acids is 1. The van der Waals surface area contributed by atoms with Crippen LogP contribution in [0.15, 0.2) is 144 Å². The number of carbonyl (C=O) groups is 11. The van der Waals surface area contributed by atoms with Crippen molar-refractivity contribution in [2.24, 2.45) is 22.2 Å². The molecule has 27 heteroatoms. The van der Waals surface area contributed by atoms with E-state index >= 15 is 9.59 Å². The van der Waals surface area contributed by atoms with E-state index in [2.05, 4.69) is 16.0 Å². The Labute approximate surface area is 560 Å². The number of amides is 4. The van der Waals surface area contributed by atoms with Crippen LogP contribution in [0, 0.1) is 22.2 Å². The molecule has 0 spiro atoms. The first kappa shape index (κ1) is 70.4. The zero-order valence-electron chi connectivity index (χ0n) is 54.4. The summed E-state index contributed by atoms with van der Waals surface area (Å²) in [4.78, 5) is 155. The number of aliphatic hydroxyl groups is 2. The predicted molar refractivity (Wildman–Crippen MR) is 340 cm³/mol. The molecule has 4 aromatic rings. The van der Waals surface area contributed by atoms with E-state index in [-0.39, 0.29) is 52.8 Å². The summed E-state index contributed by atoms with van der Waals surface area (Å²) < 4.78 is 56.2. The second kappa shape index (κ2) is 27.6. The summed E-state index contributed by atoms with van der Waals surface area (Å²) in [6.07, 6.45) is -13.4. The van der Waals surface area contributed by atoms with Crippen LogP contribution in [0.2, 0.25) is 0 Å². The Bertz CT molecular complexity index is 3900. The SMILES string of the molecule is CC(=O)O[C@H]1C(=O)[C@@]2(C)[C@H]([C@H](OC(=O)c3ccccc3)[C@]3(O)C[C@H](OC(=O)[C@H](OC(=O)CC(C)(C)CNC(=O)OCC4=C(C(=O)O)N5C(=O)[C@@H](NC(=O)Cc6ccccc6)[C@H]5S(=O)C4)[C@@H](NC(=O)c4ccccc4)c4ccccc4)C(C)=C1C3(C)C)[C@]1(OC(C)=O)CO[C@@H]1C[C@@H]2O. The molecule has 97 heavy (non-hydrogen) atoms. The molecule has 4 aromatic carbocycles. The highest BCUT2D eigenvalue weighted by atomic mass is 32.2. The normalized spacial score (nSPS) is 28.3. The van der Waals surface area contributed by atoms with Crippen molar-refractivity contribution >= 4 is 76.2 Å². The molecular weight excluding hydrogens is 1280 g/mol. The average molecular weight is 1360 g/mol. The molecule has 3 aliphatic carbocycles. The second-order valence-electron chi connectivity index (χ2n) is 26.7. The number of Topliss-reactive ketones (excluding diaryl/α,β-unsaturated/α-hetero) is 1. The van der Waals surface area contributed by atoms with E-state index in [0.717, 1.165) is 18.7 Å². The van der Waals surface area contributed by atoms with E-state index in [1.54, 1.807) is 98.8 Å². The van der Waals surface area contributed by atoms with Crippen molar-refractivity contribution in [2.75, 3.05) is 25.5 Å². The Hall–Kier alpha value is -9.44. The Morgan fingerprint density at radius 1 is 0.814 bits per heavy atom. The fourth-order valence-electron chi connectivity index (χ4n) is 14.4. The molecular formula is C70H76N4O22S. The van der Waals surface area contributed by atoms with E-state index in [0.29, 0.717) is 5.56 Å². The van der Waals surface area contributed by atoms with Gasteiger partial charge >= 0.3 is 41.9 Å². The van der Waals surface area contributed by atoms with Crippen LogP contribution >= 0.6 is 0 Å². The number of nitrogens with zero attached hydrogens (tertiary/aromatic N) is 1. The first-order valence-electron chi connectivity index (χ1n) is 31.4. The summed E-state index contributed by atoms with van der Waals surface area (Å²) in [5.41, 5.74) is -9.61. The van der Waals surface area contributed by atoms with Gasteiger partial charge in [-0.15, -0.1) is 0 Å². The minimum Gasteiger partial charge on any atom is -0.477 e. The van der Waals surface area contributed by atoms with E-state index in [1.807, 2.05) is 0 Å². The van der Waals surface area contributed by atoms with Gasteiger partial charge in [-0.05, 0) is 65.8 Å². The molecule has 10 rings (SSSR count). The molecule has 3 aliphatic heterocycles. The summed E-state index contributed by atoms with van der Waals surface area (Å²) in [7, 11) is -1.95. The second-order valence-corrected chi connectivity index (χ2v) is 28.2. The number of aliphatic hydroxyl groups excluding tert-OH is 1. The van der Waals surface area contributed by atoms with Gasteiger partial charge < -0.3 is 64.4 Å². The van der Waals surface area contributed by atoms with Crippen LogP contribution < -0.4 is 16.0 Å². The van der Waals surface area contributed by atoms with Gasteiger partial charge in [-0.2, -0.15) is 0 Å². The van der Waals surface area contributed by atoms with Crippen LogP contribution in [-0.4, -0.2) is 175 Å². The van der Waals surface area contributed by atoms with Crippen LogP contribution in [0.1, 0.15) is 113 Å². The summed E-state index contributed by atoms with van der Waals surface area (Å²) in [5.74, 6) is -12.1. The maximum atomic E-state index is 15.9. The van der Waals surface area contributed by atoms with Crippen molar-refractivity contribution in [3.05, 3.63) is 166 Å². The Morgan fingerprint density at radius 3 is 2.01 bits per heavy atom. The third-order valence-electron chi connectivity index (χ3n) is 19.4. The van der Waals surface area contributed by atoms with Crippen molar-refractivity contribution in [3.8, 4) is 0 Å². The summed E-state index contributed by atoms with van der Waals surface area (Å²) in [6.45, 7) is 9.55. The molecule has 0 aromatic heterocycles. The van der Waals surface area contributed by atoms with Crippen LogP contribution in [0.4, 0.5) is 4.79 Å². The van der Waals surface area contributed by atoms with Crippen LogP contribution in [0.3, 0.4) is 0 Å². The number of alkyl carbamates (subject to hydrolysis) is 1. The highest BCUT2D eigenvalue weighted by Crippen LogP contribution is 2.64. The number of ether oxygens (including phenoxy) is 7. The maximum absolute atomic E-state index is 15.9.